The van der Waals surface area contributed by atoms with Crippen molar-refractivity contribution in [3.8, 4) is 0 Å². The van der Waals surface area contributed by atoms with Gasteiger partial charge in [0.1, 0.15) is 0 Å². The molecule has 1 N–H and O–H groups in total. The van der Waals surface area contributed by atoms with Crippen LogP contribution in [0.3, 0.4) is 0 Å². The Kier molecular flexibility index (Phi) is 5.12. The zero-order chi connectivity index (χ0) is 11.1. The van der Waals surface area contributed by atoms with Crippen molar-refractivity contribution >= 4 is 5.69 Å². The molecule has 0 atom stereocenters. The molecule has 15 heavy (non-hydrogen) atoms. The van der Waals surface area contributed by atoms with E-state index in [0.29, 0.717) is 0 Å². The zero-order valence-electron chi connectivity index (χ0n) is 9.95. The molecule has 0 aliphatic heterocycles. The smallest absolute Gasteiger partial charge is 0.0595 e. The van der Waals surface area contributed by atoms with Crippen LogP contribution in [0.15, 0.2) is 18.5 Å². The van der Waals surface area contributed by atoms with Gasteiger partial charge in [-0.1, -0.05) is 13.8 Å². The van der Waals surface area contributed by atoms with E-state index in [9.17, 15) is 0 Å². The van der Waals surface area contributed by atoms with Crippen molar-refractivity contribution in [3.05, 3.63) is 24.0 Å². The van der Waals surface area contributed by atoms with Gasteiger partial charge in [-0.25, -0.2) is 0 Å². The van der Waals surface area contributed by atoms with E-state index >= 15 is 0 Å². The van der Waals surface area contributed by atoms with Crippen molar-refractivity contribution in [2.24, 2.45) is 0 Å². The fourth-order valence-electron chi connectivity index (χ4n) is 1.62. The number of pyridine rings is 1. The van der Waals surface area contributed by atoms with Crippen LogP contribution in [-0.2, 0) is 6.54 Å². The highest BCUT2D eigenvalue weighted by Crippen LogP contribution is 2.17. The Morgan fingerprint density at radius 2 is 2.20 bits per heavy atom. The molecule has 1 rings (SSSR count). The first-order chi connectivity index (χ1) is 7.29. The van der Waals surface area contributed by atoms with Gasteiger partial charge in [-0.05, 0) is 24.6 Å². The molecule has 3 heteroatoms. The fourth-order valence-corrected chi connectivity index (χ4v) is 1.62. The van der Waals surface area contributed by atoms with E-state index in [0.717, 1.165) is 26.1 Å². The molecule has 1 aromatic heterocycles. The van der Waals surface area contributed by atoms with Crippen LogP contribution in [-0.4, -0.2) is 25.1 Å². The third-order valence-corrected chi connectivity index (χ3v) is 2.42. The molecule has 0 saturated carbocycles. The molecule has 0 saturated heterocycles. The minimum atomic E-state index is 0.919. The largest absolute Gasteiger partial charge is 0.373 e. The minimum absolute atomic E-state index is 0.919. The number of nitrogens with zero attached hydrogens (tertiary/aromatic N) is 2. The lowest BCUT2D eigenvalue weighted by Gasteiger charge is -2.21. The molecule has 0 radical (unpaired) electrons. The average Bonchev–Trinajstić information content (AvgIpc) is 2.27. The lowest BCUT2D eigenvalue weighted by Crippen LogP contribution is -2.21. The standard InChI is InChI=1S/C12H21N3/c1-4-8-15(3)12-10-14-7-6-11(12)9-13-5-2/h6-7,10,13H,4-5,8-9H2,1-3H3. The van der Waals surface area contributed by atoms with Gasteiger partial charge in [-0.2, -0.15) is 0 Å². The maximum Gasteiger partial charge on any atom is 0.0595 e. The van der Waals surface area contributed by atoms with E-state index in [-0.39, 0.29) is 0 Å². The van der Waals surface area contributed by atoms with Crippen molar-refractivity contribution in [2.45, 2.75) is 26.8 Å². The van der Waals surface area contributed by atoms with Crippen molar-refractivity contribution < 1.29 is 0 Å². The fraction of sp³-hybridized carbons (Fsp3) is 0.583. The Balaban J connectivity index is 2.75. The number of rotatable bonds is 6. The second kappa shape index (κ2) is 6.40. The molecule has 3 nitrogen and oxygen atoms in total. The molecule has 0 fully saturated rings. The predicted octanol–water partition coefficient (Wildman–Crippen LogP) is 2.04. The van der Waals surface area contributed by atoms with Gasteiger partial charge < -0.3 is 10.2 Å². The van der Waals surface area contributed by atoms with Crippen LogP contribution in [0.5, 0.6) is 0 Å². The number of hydrogen-bond donors (Lipinski definition) is 1. The number of aromatic nitrogens is 1. The van der Waals surface area contributed by atoms with Gasteiger partial charge in [0.2, 0.25) is 0 Å². The van der Waals surface area contributed by atoms with Crippen LogP contribution in [0.1, 0.15) is 25.8 Å². The molecule has 0 amide bonds. The summed E-state index contributed by atoms with van der Waals surface area (Å²) in [4.78, 5) is 6.45. The highest BCUT2D eigenvalue weighted by Gasteiger charge is 2.05. The summed E-state index contributed by atoms with van der Waals surface area (Å²) < 4.78 is 0. The Morgan fingerprint density at radius 1 is 1.40 bits per heavy atom. The molecule has 84 valence electrons. The molecular formula is C12H21N3. The van der Waals surface area contributed by atoms with E-state index in [1.807, 2.05) is 12.4 Å². The van der Waals surface area contributed by atoms with Crippen LogP contribution >= 0.6 is 0 Å². The van der Waals surface area contributed by atoms with Crippen LogP contribution in [0, 0.1) is 0 Å². The Bertz CT molecular complexity index is 286. The number of anilines is 1. The van der Waals surface area contributed by atoms with Gasteiger partial charge in [0.15, 0.2) is 0 Å². The summed E-state index contributed by atoms with van der Waals surface area (Å²) in [6, 6.07) is 2.09. The zero-order valence-corrected chi connectivity index (χ0v) is 9.95. The Morgan fingerprint density at radius 3 is 2.87 bits per heavy atom. The normalized spacial score (nSPS) is 10.3. The summed E-state index contributed by atoms with van der Waals surface area (Å²) >= 11 is 0. The summed E-state index contributed by atoms with van der Waals surface area (Å²) in [5.74, 6) is 0. The summed E-state index contributed by atoms with van der Waals surface area (Å²) in [6.07, 6.45) is 4.96. The number of hydrogen-bond acceptors (Lipinski definition) is 3. The molecule has 0 spiro atoms. The average molecular weight is 207 g/mol. The Hall–Kier alpha value is -1.09. The lowest BCUT2D eigenvalue weighted by molar-refractivity contribution is 0.721. The second-order valence-corrected chi connectivity index (χ2v) is 3.71. The highest BCUT2D eigenvalue weighted by molar-refractivity contribution is 5.50. The first kappa shape index (κ1) is 12.0. The van der Waals surface area contributed by atoms with E-state index in [4.69, 9.17) is 0 Å². The first-order valence-corrected chi connectivity index (χ1v) is 5.64. The van der Waals surface area contributed by atoms with Crippen LogP contribution in [0.25, 0.3) is 0 Å². The maximum absolute atomic E-state index is 4.19. The third kappa shape index (κ3) is 3.51. The van der Waals surface area contributed by atoms with Gasteiger partial charge in [0.25, 0.3) is 0 Å². The van der Waals surface area contributed by atoms with E-state index in [2.05, 4.69) is 42.2 Å². The van der Waals surface area contributed by atoms with E-state index in [1.54, 1.807) is 0 Å². The van der Waals surface area contributed by atoms with Gasteiger partial charge in [-0.3, -0.25) is 4.98 Å². The maximum atomic E-state index is 4.19. The molecular weight excluding hydrogens is 186 g/mol. The topological polar surface area (TPSA) is 28.2 Å². The van der Waals surface area contributed by atoms with Crippen molar-refractivity contribution in [1.82, 2.24) is 10.3 Å². The van der Waals surface area contributed by atoms with Crippen molar-refractivity contribution in [2.75, 3.05) is 25.0 Å². The molecule has 1 heterocycles. The molecule has 0 aromatic carbocycles. The van der Waals surface area contributed by atoms with Gasteiger partial charge in [-0.15, -0.1) is 0 Å². The first-order valence-electron chi connectivity index (χ1n) is 5.64. The summed E-state index contributed by atoms with van der Waals surface area (Å²) in [6.45, 7) is 7.31. The molecule has 0 aliphatic rings. The lowest BCUT2D eigenvalue weighted by atomic mass is 10.2. The van der Waals surface area contributed by atoms with Crippen molar-refractivity contribution in [1.29, 1.82) is 0 Å². The number of nitrogens with one attached hydrogen (secondary N) is 1. The molecule has 0 bridgehead atoms. The summed E-state index contributed by atoms with van der Waals surface area (Å²) in [5.41, 5.74) is 2.56. The highest BCUT2D eigenvalue weighted by atomic mass is 15.1. The third-order valence-electron chi connectivity index (χ3n) is 2.42. The van der Waals surface area contributed by atoms with Crippen LogP contribution in [0.2, 0.25) is 0 Å². The molecule has 1 aromatic rings. The van der Waals surface area contributed by atoms with Gasteiger partial charge in [0.05, 0.1) is 11.9 Å². The predicted molar refractivity (Wildman–Crippen MR) is 65.2 cm³/mol. The van der Waals surface area contributed by atoms with Gasteiger partial charge in [0, 0.05) is 26.3 Å². The van der Waals surface area contributed by atoms with Crippen molar-refractivity contribution in [3.63, 3.8) is 0 Å². The summed E-state index contributed by atoms with van der Waals surface area (Å²) in [5, 5.41) is 3.35. The molecule has 0 unspecified atom stereocenters. The van der Waals surface area contributed by atoms with Crippen LogP contribution in [0.4, 0.5) is 5.69 Å². The SMILES string of the molecule is CCCN(C)c1cnccc1CNCC. The molecule has 0 aliphatic carbocycles. The quantitative estimate of drug-likeness (QED) is 0.773. The van der Waals surface area contributed by atoms with E-state index < -0.39 is 0 Å². The minimum Gasteiger partial charge on any atom is -0.373 e. The summed E-state index contributed by atoms with van der Waals surface area (Å²) in [7, 11) is 2.12. The van der Waals surface area contributed by atoms with Gasteiger partial charge >= 0.3 is 0 Å². The van der Waals surface area contributed by atoms with E-state index in [1.165, 1.54) is 11.3 Å². The second-order valence-electron chi connectivity index (χ2n) is 3.71. The Labute approximate surface area is 92.5 Å². The monoisotopic (exact) mass is 207 g/mol. The van der Waals surface area contributed by atoms with Crippen LogP contribution < -0.4 is 10.2 Å².